The summed E-state index contributed by atoms with van der Waals surface area (Å²) in [5.74, 6) is -2.18. The Labute approximate surface area is 161 Å². The van der Waals surface area contributed by atoms with Crippen molar-refractivity contribution in [2.75, 3.05) is 11.9 Å². The molecule has 0 aliphatic heterocycles. The number of nitrogens with zero attached hydrogens (tertiary/aromatic N) is 2. The van der Waals surface area contributed by atoms with Gasteiger partial charge >= 0.3 is 11.7 Å². The maximum Gasteiger partial charge on any atom is 0.349 e. The lowest BCUT2D eigenvalue weighted by Gasteiger charge is -2.19. The molecule has 0 unspecified atom stereocenters. The van der Waals surface area contributed by atoms with E-state index in [1.807, 2.05) is 12.1 Å². The van der Waals surface area contributed by atoms with E-state index in [0.29, 0.717) is 5.56 Å². The number of hydrogen-bond acceptors (Lipinski definition) is 5. The van der Waals surface area contributed by atoms with Crippen molar-refractivity contribution >= 4 is 23.6 Å². The van der Waals surface area contributed by atoms with Gasteiger partial charge in [-0.1, -0.05) is 32.9 Å². The van der Waals surface area contributed by atoms with Crippen LogP contribution in [0, 0.1) is 0 Å². The smallest absolute Gasteiger partial charge is 0.349 e. The molecular formula is C19H22N4O5. The lowest BCUT2D eigenvalue weighted by atomic mass is 9.87. The van der Waals surface area contributed by atoms with Gasteiger partial charge in [0, 0.05) is 11.8 Å². The number of nitrogens with one attached hydrogen (secondary N) is 2. The van der Waals surface area contributed by atoms with Crippen molar-refractivity contribution in [2.45, 2.75) is 32.7 Å². The first-order valence-corrected chi connectivity index (χ1v) is 8.54. The Bertz CT molecular complexity index is 942. The van der Waals surface area contributed by atoms with Crippen molar-refractivity contribution in [2.24, 2.45) is 0 Å². The average molecular weight is 386 g/mol. The fraction of sp³-hybridized carbons (Fsp3) is 0.316. The largest absolute Gasteiger partial charge is 0.480 e. The molecule has 0 spiro atoms. The summed E-state index contributed by atoms with van der Waals surface area (Å²) in [5, 5.41) is 13.2. The Morgan fingerprint density at radius 1 is 1.11 bits per heavy atom. The fourth-order valence-corrected chi connectivity index (χ4v) is 2.31. The number of carboxylic acids is 1. The van der Waals surface area contributed by atoms with Crippen LogP contribution in [0.4, 0.5) is 5.82 Å². The normalized spacial score (nSPS) is 11.0. The van der Waals surface area contributed by atoms with Crippen LogP contribution in [0.15, 0.2) is 41.3 Å². The minimum atomic E-state index is -1.19. The minimum absolute atomic E-state index is 0.0299. The Balaban J connectivity index is 2.04. The second-order valence-electron chi connectivity index (χ2n) is 7.18. The first-order chi connectivity index (χ1) is 13.1. The van der Waals surface area contributed by atoms with Gasteiger partial charge in [0.05, 0.1) is 0 Å². The molecule has 0 radical (unpaired) electrons. The molecule has 148 valence electrons. The molecule has 3 N–H and O–H groups in total. The van der Waals surface area contributed by atoms with Gasteiger partial charge in [-0.15, -0.1) is 0 Å². The second kappa shape index (κ2) is 8.47. The van der Waals surface area contributed by atoms with Crippen molar-refractivity contribution in [3.63, 3.8) is 0 Å². The number of carbonyl (C=O) groups is 3. The highest BCUT2D eigenvalue weighted by Crippen LogP contribution is 2.22. The van der Waals surface area contributed by atoms with E-state index in [1.54, 1.807) is 12.1 Å². The van der Waals surface area contributed by atoms with Crippen LogP contribution in [-0.2, 0) is 21.5 Å². The van der Waals surface area contributed by atoms with Crippen LogP contribution in [0.3, 0.4) is 0 Å². The van der Waals surface area contributed by atoms with Crippen LogP contribution >= 0.6 is 0 Å². The molecule has 1 heterocycles. The van der Waals surface area contributed by atoms with E-state index >= 15 is 0 Å². The molecule has 0 saturated carbocycles. The lowest BCUT2D eigenvalue weighted by molar-refractivity contribution is -0.138. The maximum atomic E-state index is 12.3. The van der Waals surface area contributed by atoms with E-state index in [-0.39, 0.29) is 17.8 Å². The molecule has 9 nitrogen and oxygen atoms in total. The number of benzene rings is 1. The van der Waals surface area contributed by atoms with Crippen LogP contribution in [0.25, 0.3) is 0 Å². The highest BCUT2D eigenvalue weighted by molar-refractivity contribution is 6.03. The first-order valence-electron chi connectivity index (χ1n) is 8.54. The van der Waals surface area contributed by atoms with E-state index in [1.165, 1.54) is 12.3 Å². The minimum Gasteiger partial charge on any atom is -0.480 e. The molecule has 0 fully saturated rings. The third-order valence-electron chi connectivity index (χ3n) is 3.88. The molecule has 0 aliphatic rings. The third kappa shape index (κ3) is 5.76. The van der Waals surface area contributed by atoms with Crippen LogP contribution in [0.1, 0.15) is 36.7 Å². The zero-order valence-corrected chi connectivity index (χ0v) is 15.9. The lowest BCUT2D eigenvalue weighted by Crippen LogP contribution is -2.35. The summed E-state index contributed by atoms with van der Waals surface area (Å²) >= 11 is 0. The topological polar surface area (TPSA) is 130 Å². The third-order valence-corrected chi connectivity index (χ3v) is 3.88. The number of carboxylic acid groups (broad SMARTS) is 1. The number of aromatic nitrogens is 2. The summed E-state index contributed by atoms with van der Waals surface area (Å²) in [7, 11) is 0. The molecular weight excluding hydrogens is 364 g/mol. The predicted molar refractivity (Wildman–Crippen MR) is 102 cm³/mol. The SMILES string of the molecule is CC(C)(C)c1ccc(C(=O)Nc2ccn(CC(=O)NCC(=O)O)c(=O)n2)cc1. The zero-order chi connectivity index (χ0) is 20.9. The van der Waals surface area contributed by atoms with Crippen molar-refractivity contribution in [3.05, 3.63) is 58.1 Å². The van der Waals surface area contributed by atoms with Crippen LogP contribution < -0.4 is 16.3 Å². The molecule has 1 aromatic carbocycles. The molecule has 2 rings (SSSR count). The van der Waals surface area contributed by atoms with Crippen molar-refractivity contribution < 1.29 is 19.5 Å². The molecule has 1 aromatic heterocycles. The van der Waals surface area contributed by atoms with Gasteiger partial charge in [0.2, 0.25) is 5.91 Å². The molecule has 2 amide bonds. The molecule has 0 bridgehead atoms. The number of hydrogen-bond donors (Lipinski definition) is 3. The summed E-state index contributed by atoms with van der Waals surface area (Å²) in [4.78, 5) is 50.0. The van der Waals surface area contributed by atoms with Gasteiger partial charge in [-0.05, 0) is 29.2 Å². The molecule has 28 heavy (non-hydrogen) atoms. The molecule has 2 aromatic rings. The van der Waals surface area contributed by atoms with E-state index in [0.717, 1.165) is 10.1 Å². The van der Waals surface area contributed by atoms with Gasteiger partial charge in [-0.25, -0.2) is 4.79 Å². The number of rotatable bonds is 6. The maximum absolute atomic E-state index is 12.3. The molecule has 0 saturated heterocycles. The number of aliphatic carboxylic acids is 1. The highest BCUT2D eigenvalue weighted by Gasteiger charge is 2.15. The quantitative estimate of drug-likeness (QED) is 0.679. The van der Waals surface area contributed by atoms with Gasteiger partial charge in [-0.2, -0.15) is 4.98 Å². The van der Waals surface area contributed by atoms with Crippen LogP contribution in [0.2, 0.25) is 0 Å². The summed E-state index contributed by atoms with van der Waals surface area (Å²) in [6.45, 7) is 5.31. The molecule has 0 atom stereocenters. The summed E-state index contributed by atoms with van der Waals surface area (Å²) in [6, 6.07) is 8.52. The fourth-order valence-electron chi connectivity index (χ4n) is 2.31. The Morgan fingerprint density at radius 2 is 1.75 bits per heavy atom. The monoisotopic (exact) mass is 386 g/mol. The number of carbonyl (C=O) groups excluding carboxylic acids is 2. The van der Waals surface area contributed by atoms with Gasteiger partial charge in [0.25, 0.3) is 5.91 Å². The summed E-state index contributed by atoms with van der Waals surface area (Å²) < 4.78 is 1.00. The second-order valence-corrected chi connectivity index (χ2v) is 7.18. The average Bonchev–Trinajstić information content (AvgIpc) is 2.61. The van der Waals surface area contributed by atoms with Gasteiger partial charge < -0.3 is 15.7 Å². The van der Waals surface area contributed by atoms with E-state index in [2.05, 4.69) is 36.4 Å². The van der Waals surface area contributed by atoms with Crippen molar-refractivity contribution in [1.82, 2.24) is 14.9 Å². The van der Waals surface area contributed by atoms with Gasteiger partial charge in [-0.3, -0.25) is 19.0 Å². The predicted octanol–water partition coefficient (Wildman–Crippen LogP) is 0.994. The van der Waals surface area contributed by atoms with Gasteiger partial charge in [0.15, 0.2) is 0 Å². The Kier molecular flexibility index (Phi) is 6.29. The molecule has 9 heteroatoms. The Morgan fingerprint density at radius 3 is 2.29 bits per heavy atom. The standard InChI is InChI=1S/C19H22N4O5/c1-19(2,3)13-6-4-12(5-7-13)17(27)21-14-8-9-23(18(28)22-14)11-15(24)20-10-16(25)26/h4-9H,10-11H2,1-3H3,(H,20,24)(H,25,26)(H,21,22,27,28). The van der Waals surface area contributed by atoms with E-state index in [4.69, 9.17) is 5.11 Å². The first kappa shape index (κ1) is 20.8. The summed E-state index contributed by atoms with van der Waals surface area (Å²) in [6.07, 6.45) is 1.30. The Hall–Kier alpha value is -3.49. The van der Waals surface area contributed by atoms with Crippen molar-refractivity contribution in [3.8, 4) is 0 Å². The molecule has 0 aliphatic carbocycles. The van der Waals surface area contributed by atoms with Crippen molar-refractivity contribution in [1.29, 1.82) is 0 Å². The van der Waals surface area contributed by atoms with Crippen LogP contribution in [-0.4, -0.2) is 39.0 Å². The zero-order valence-electron chi connectivity index (χ0n) is 15.9. The number of amides is 2. The summed E-state index contributed by atoms with van der Waals surface area (Å²) in [5.41, 5.74) is 0.738. The van der Waals surface area contributed by atoms with E-state index < -0.39 is 30.0 Å². The van der Waals surface area contributed by atoms with Gasteiger partial charge in [0.1, 0.15) is 18.9 Å². The number of anilines is 1. The highest BCUT2D eigenvalue weighted by atomic mass is 16.4. The van der Waals surface area contributed by atoms with E-state index in [9.17, 15) is 19.2 Å². The van der Waals surface area contributed by atoms with Crippen LogP contribution in [0.5, 0.6) is 0 Å².